The molecule has 1 fully saturated rings. The zero-order chi connectivity index (χ0) is 18.2. The monoisotopic (exact) mass is 346 g/mol. The molecule has 0 aliphatic carbocycles. The topological polar surface area (TPSA) is 66.9 Å². The fourth-order valence-corrected chi connectivity index (χ4v) is 2.89. The lowest BCUT2D eigenvalue weighted by molar-refractivity contribution is -0.134. The molecule has 6 heteroatoms. The number of methoxy groups -OCH3 is 1. The number of rotatable bonds is 6. The fraction of sp³-hybridized carbons (Fsp3) is 0.526. The summed E-state index contributed by atoms with van der Waals surface area (Å²) < 4.78 is 5.12. The van der Waals surface area contributed by atoms with E-state index in [0.717, 1.165) is 17.7 Å². The highest BCUT2D eigenvalue weighted by Gasteiger charge is 2.22. The zero-order valence-corrected chi connectivity index (χ0v) is 15.0. The number of nitrogens with zero attached hydrogens (tertiary/aromatic N) is 2. The Morgan fingerprint density at radius 3 is 2.08 bits per heavy atom. The lowest BCUT2D eigenvalue weighted by atomic mass is 10.1. The maximum absolute atomic E-state index is 12.5. The molecule has 0 bridgehead atoms. The third-order valence-electron chi connectivity index (χ3n) is 4.41. The van der Waals surface area contributed by atoms with E-state index in [1.807, 2.05) is 29.2 Å². The second-order valence-electron chi connectivity index (χ2n) is 6.34. The highest BCUT2D eigenvalue weighted by Crippen LogP contribution is 2.13. The normalized spacial score (nSPS) is 14.8. The van der Waals surface area contributed by atoms with E-state index in [0.29, 0.717) is 32.6 Å². The summed E-state index contributed by atoms with van der Waals surface area (Å²) in [5.41, 5.74) is 0.949. The Kier molecular flexibility index (Phi) is 6.98. The van der Waals surface area contributed by atoms with Crippen molar-refractivity contribution in [3.8, 4) is 5.75 Å². The molecule has 1 aliphatic rings. The van der Waals surface area contributed by atoms with Gasteiger partial charge in [-0.05, 0) is 31.0 Å². The van der Waals surface area contributed by atoms with Gasteiger partial charge in [-0.3, -0.25) is 9.59 Å². The van der Waals surface area contributed by atoms with Crippen LogP contribution in [0.4, 0.5) is 0 Å². The molecule has 1 aliphatic heterocycles. The first-order valence-electron chi connectivity index (χ1n) is 8.67. The SMILES string of the molecule is COc1ccc(CC(=O)N2CCCN(C(=O)CCC(C)=O)CC2)cc1. The Balaban J connectivity index is 1.85. The van der Waals surface area contributed by atoms with Gasteiger partial charge in [-0.1, -0.05) is 12.1 Å². The van der Waals surface area contributed by atoms with Crippen molar-refractivity contribution in [2.75, 3.05) is 33.3 Å². The van der Waals surface area contributed by atoms with E-state index < -0.39 is 0 Å². The molecule has 0 aromatic heterocycles. The maximum atomic E-state index is 12.5. The Labute approximate surface area is 148 Å². The molecule has 6 nitrogen and oxygen atoms in total. The van der Waals surface area contributed by atoms with Crippen LogP contribution in [0.15, 0.2) is 24.3 Å². The molecule has 0 N–H and O–H groups in total. The maximum Gasteiger partial charge on any atom is 0.227 e. The number of hydrogen-bond donors (Lipinski definition) is 0. The molecular weight excluding hydrogens is 320 g/mol. The van der Waals surface area contributed by atoms with Gasteiger partial charge in [-0.25, -0.2) is 0 Å². The number of carbonyl (C=O) groups excluding carboxylic acids is 3. The zero-order valence-electron chi connectivity index (χ0n) is 15.0. The number of amides is 2. The van der Waals surface area contributed by atoms with Gasteiger partial charge < -0.3 is 19.3 Å². The molecule has 0 unspecified atom stereocenters. The van der Waals surface area contributed by atoms with Crippen LogP contribution in [0.2, 0.25) is 0 Å². The van der Waals surface area contributed by atoms with Crippen LogP contribution in [0, 0.1) is 0 Å². The molecule has 1 saturated heterocycles. The lowest BCUT2D eigenvalue weighted by Gasteiger charge is -2.22. The first-order chi connectivity index (χ1) is 12.0. The van der Waals surface area contributed by atoms with Gasteiger partial charge in [-0.2, -0.15) is 0 Å². The van der Waals surface area contributed by atoms with Crippen LogP contribution in [-0.2, 0) is 20.8 Å². The first-order valence-corrected chi connectivity index (χ1v) is 8.67. The average Bonchev–Trinajstić information content (AvgIpc) is 2.86. The Morgan fingerprint density at radius 1 is 0.920 bits per heavy atom. The molecule has 0 radical (unpaired) electrons. The van der Waals surface area contributed by atoms with Gasteiger partial charge in [0, 0.05) is 39.0 Å². The predicted octanol–water partition coefficient (Wildman–Crippen LogP) is 1.67. The van der Waals surface area contributed by atoms with E-state index in [1.54, 1.807) is 12.0 Å². The smallest absolute Gasteiger partial charge is 0.227 e. The highest BCUT2D eigenvalue weighted by molar-refractivity contribution is 5.83. The van der Waals surface area contributed by atoms with Crippen LogP contribution in [0.1, 0.15) is 31.7 Å². The molecule has 1 heterocycles. The van der Waals surface area contributed by atoms with Crippen molar-refractivity contribution < 1.29 is 19.1 Å². The van der Waals surface area contributed by atoms with E-state index in [4.69, 9.17) is 4.74 Å². The van der Waals surface area contributed by atoms with Gasteiger partial charge in [-0.15, -0.1) is 0 Å². The van der Waals surface area contributed by atoms with E-state index in [-0.39, 0.29) is 30.4 Å². The Bertz CT molecular complexity index is 612. The standard InChI is InChI=1S/C19H26N2O4/c1-15(22)4-9-18(23)20-10-3-11-21(13-12-20)19(24)14-16-5-7-17(25-2)8-6-16/h5-8H,3-4,9-14H2,1-2H3. The van der Waals surface area contributed by atoms with E-state index in [9.17, 15) is 14.4 Å². The number of ketones is 1. The summed E-state index contributed by atoms with van der Waals surface area (Å²) in [6.45, 7) is 3.87. The van der Waals surface area contributed by atoms with Gasteiger partial charge in [0.1, 0.15) is 11.5 Å². The molecule has 25 heavy (non-hydrogen) atoms. The minimum atomic E-state index is -0.000321. The second kappa shape index (κ2) is 9.20. The predicted molar refractivity (Wildman–Crippen MR) is 94.4 cm³/mol. The summed E-state index contributed by atoms with van der Waals surface area (Å²) in [7, 11) is 1.61. The van der Waals surface area contributed by atoms with Gasteiger partial charge in [0.15, 0.2) is 0 Å². The lowest BCUT2D eigenvalue weighted by Crippen LogP contribution is -2.38. The highest BCUT2D eigenvalue weighted by atomic mass is 16.5. The molecule has 0 atom stereocenters. The third kappa shape index (κ3) is 5.89. The Hall–Kier alpha value is -2.37. The average molecular weight is 346 g/mol. The molecule has 136 valence electrons. The summed E-state index contributed by atoms with van der Waals surface area (Å²) in [4.78, 5) is 39.3. The molecule has 1 aromatic rings. The van der Waals surface area contributed by atoms with Gasteiger partial charge in [0.05, 0.1) is 13.5 Å². The minimum Gasteiger partial charge on any atom is -0.497 e. The van der Waals surface area contributed by atoms with Crippen molar-refractivity contribution >= 4 is 17.6 Å². The van der Waals surface area contributed by atoms with Crippen LogP contribution in [-0.4, -0.2) is 60.7 Å². The molecule has 2 amide bonds. The quantitative estimate of drug-likeness (QED) is 0.786. The van der Waals surface area contributed by atoms with Crippen molar-refractivity contribution in [2.24, 2.45) is 0 Å². The number of benzene rings is 1. The summed E-state index contributed by atoms with van der Waals surface area (Å²) >= 11 is 0. The fourth-order valence-electron chi connectivity index (χ4n) is 2.89. The number of ether oxygens (including phenoxy) is 1. The molecule has 2 rings (SSSR count). The largest absolute Gasteiger partial charge is 0.497 e. The van der Waals surface area contributed by atoms with Crippen molar-refractivity contribution in [2.45, 2.75) is 32.6 Å². The number of Topliss-reactive ketones (excluding diaryl/α,β-unsaturated/α-hetero) is 1. The summed E-state index contributed by atoms with van der Waals surface area (Å²) in [5.74, 6) is 0.869. The van der Waals surface area contributed by atoms with Crippen molar-refractivity contribution in [3.05, 3.63) is 29.8 Å². The number of carbonyl (C=O) groups is 3. The van der Waals surface area contributed by atoms with Crippen LogP contribution in [0.3, 0.4) is 0 Å². The van der Waals surface area contributed by atoms with E-state index in [2.05, 4.69) is 0 Å². The Morgan fingerprint density at radius 2 is 1.52 bits per heavy atom. The van der Waals surface area contributed by atoms with Crippen LogP contribution in [0.25, 0.3) is 0 Å². The third-order valence-corrected chi connectivity index (χ3v) is 4.41. The van der Waals surface area contributed by atoms with Crippen molar-refractivity contribution in [1.82, 2.24) is 9.80 Å². The summed E-state index contributed by atoms with van der Waals surface area (Å²) in [6.07, 6.45) is 1.66. The first kappa shape index (κ1) is 19.0. The van der Waals surface area contributed by atoms with Gasteiger partial charge in [0.2, 0.25) is 11.8 Å². The van der Waals surface area contributed by atoms with E-state index in [1.165, 1.54) is 6.92 Å². The molecular formula is C19H26N2O4. The molecule has 0 spiro atoms. The van der Waals surface area contributed by atoms with Crippen molar-refractivity contribution in [3.63, 3.8) is 0 Å². The summed E-state index contributed by atoms with van der Waals surface area (Å²) in [5, 5.41) is 0. The minimum absolute atomic E-state index is 0.000321. The van der Waals surface area contributed by atoms with E-state index >= 15 is 0 Å². The van der Waals surface area contributed by atoms with Gasteiger partial charge >= 0.3 is 0 Å². The molecule has 1 aromatic carbocycles. The van der Waals surface area contributed by atoms with Crippen molar-refractivity contribution in [1.29, 1.82) is 0 Å². The van der Waals surface area contributed by atoms with Crippen LogP contribution < -0.4 is 4.74 Å². The van der Waals surface area contributed by atoms with Crippen LogP contribution >= 0.6 is 0 Å². The van der Waals surface area contributed by atoms with Crippen LogP contribution in [0.5, 0.6) is 5.75 Å². The second-order valence-corrected chi connectivity index (χ2v) is 6.34. The summed E-state index contributed by atoms with van der Waals surface area (Å²) in [6, 6.07) is 7.49. The van der Waals surface area contributed by atoms with Gasteiger partial charge in [0.25, 0.3) is 0 Å². The number of hydrogen-bond acceptors (Lipinski definition) is 4. The molecule has 0 saturated carbocycles.